The zero-order valence-electron chi connectivity index (χ0n) is 10.4. The standard InChI is InChI=1S/C14H16BrNOS/c1-9-5-11(10(2)16)3-4-14(9)17-7-13-6-12(15)8-18-13/h3-6,8,10H,7,16H2,1-2H3/t10-/m0/s1. The van der Waals surface area contributed by atoms with E-state index in [-0.39, 0.29) is 6.04 Å². The molecule has 0 saturated heterocycles. The molecule has 0 amide bonds. The van der Waals surface area contributed by atoms with Gasteiger partial charge in [-0.05, 0) is 53.0 Å². The number of hydrogen-bond acceptors (Lipinski definition) is 3. The van der Waals surface area contributed by atoms with Crippen molar-refractivity contribution in [2.75, 3.05) is 0 Å². The topological polar surface area (TPSA) is 35.2 Å². The highest BCUT2D eigenvalue weighted by molar-refractivity contribution is 9.10. The van der Waals surface area contributed by atoms with Gasteiger partial charge in [-0.1, -0.05) is 12.1 Å². The Labute approximate surface area is 120 Å². The molecule has 96 valence electrons. The number of nitrogens with two attached hydrogens (primary N) is 1. The first-order valence-electron chi connectivity index (χ1n) is 5.78. The molecule has 18 heavy (non-hydrogen) atoms. The van der Waals surface area contributed by atoms with Crippen molar-refractivity contribution in [1.29, 1.82) is 0 Å². The number of rotatable bonds is 4. The summed E-state index contributed by atoms with van der Waals surface area (Å²) >= 11 is 5.13. The molecule has 1 atom stereocenters. The summed E-state index contributed by atoms with van der Waals surface area (Å²) in [4.78, 5) is 1.21. The van der Waals surface area contributed by atoms with Crippen molar-refractivity contribution in [3.05, 3.63) is 50.1 Å². The van der Waals surface area contributed by atoms with Gasteiger partial charge < -0.3 is 10.5 Å². The number of benzene rings is 1. The Balaban J connectivity index is 2.05. The third-order valence-electron chi connectivity index (χ3n) is 2.72. The van der Waals surface area contributed by atoms with E-state index in [0.29, 0.717) is 6.61 Å². The Morgan fingerprint density at radius 1 is 1.39 bits per heavy atom. The second-order valence-corrected chi connectivity index (χ2v) is 6.24. The fraction of sp³-hybridized carbons (Fsp3) is 0.286. The van der Waals surface area contributed by atoms with Crippen molar-refractivity contribution in [2.24, 2.45) is 5.73 Å². The van der Waals surface area contributed by atoms with E-state index in [1.165, 1.54) is 4.88 Å². The maximum absolute atomic E-state index is 5.86. The number of hydrogen-bond donors (Lipinski definition) is 1. The summed E-state index contributed by atoms with van der Waals surface area (Å²) in [5.41, 5.74) is 8.12. The molecule has 0 radical (unpaired) electrons. The summed E-state index contributed by atoms with van der Waals surface area (Å²) in [5, 5.41) is 2.06. The fourth-order valence-electron chi connectivity index (χ4n) is 1.70. The first-order chi connectivity index (χ1) is 8.56. The maximum atomic E-state index is 5.86. The van der Waals surface area contributed by atoms with Crippen LogP contribution in [0.2, 0.25) is 0 Å². The van der Waals surface area contributed by atoms with Crippen LogP contribution in [0.25, 0.3) is 0 Å². The zero-order valence-corrected chi connectivity index (χ0v) is 12.8. The van der Waals surface area contributed by atoms with Crippen LogP contribution in [0.15, 0.2) is 34.1 Å². The van der Waals surface area contributed by atoms with Gasteiger partial charge in [0.25, 0.3) is 0 Å². The van der Waals surface area contributed by atoms with Gasteiger partial charge in [0.2, 0.25) is 0 Å². The normalized spacial score (nSPS) is 12.4. The fourth-order valence-corrected chi connectivity index (χ4v) is 3.06. The Hall–Kier alpha value is -0.840. The van der Waals surface area contributed by atoms with Crippen LogP contribution in [-0.2, 0) is 6.61 Å². The van der Waals surface area contributed by atoms with Crippen LogP contribution in [0.4, 0.5) is 0 Å². The molecule has 0 saturated carbocycles. The predicted octanol–water partition coefficient (Wildman–Crippen LogP) is 4.42. The lowest BCUT2D eigenvalue weighted by Crippen LogP contribution is -2.05. The van der Waals surface area contributed by atoms with Crippen LogP contribution >= 0.6 is 27.3 Å². The van der Waals surface area contributed by atoms with E-state index >= 15 is 0 Å². The van der Waals surface area contributed by atoms with E-state index in [9.17, 15) is 0 Å². The SMILES string of the molecule is Cc1cc([C@H](C)N)ccc1OCc1cc(Br)cs1. The molecule has 0 aliphatic rings. The largest absolute Gasteiger partial charge is 0.488 e. The highest BCUT2D eigenvalue weighted by atomic mass is 79.9. The molecule has 0 fully saturated rings. The lowest BCUT2D eigenvalue weighted by atomic mass is 10.1. The quantitative estimate of drug-likeness (QED) is 0.903. The lowest BCUT2D eigenvalue weighted by molar-refractivity contribution is 0.307. The van der Waals surface area contributed by atoms with Gasteiger partial charge in [-0.2, -0.15) is 0 Å². The van der Waals surface area contributed by atoms with Crippen LogP contribution in [0.1, 0.15) is 29.0 Å². The Kier molecular flexibility index (Phi) is 4.43. The van der Waals surface area contributed by atoms with Crippen LogP contribution in [0.5, 0.6) is 5.75 Å². The van der Waals surface area contributed by atoms with Gasteiger partial charge in [-0.15, -0.1) is 11.3 Å². The molecule has 1 aromatic heterocycles. The molecular weight excluding hydrogens is 310 g/mol. The molecule has 2 N–H and O–H groups in total. The van der Waals surface area contributed by atoms with Crippen molar-refractivity contribution in [3.63, 3.8) is 0 Å². The number of thiophene rings is 1. The summed E-state index contributed by atoms with van der Waals surface area (Å²) in [6.45, 7) is 4.64. The number of ether oxygens (including phenoxy) is 1. The molecule has 2 nitrogen and oxygen atoms in total. The van der Waals surface area contributed by atoms with Crippen molar-refractivity contribution in [3.8, 4) is 5.75 Å². The average Bonchev–Trinajstić information content (AvgIpc) is 2.73. The number of aryl methyl sites for hydroxylation is 1. The second kappa shape index (κ2) is 5.87. The van der Waals surface area contributed by atoms with Gasteiger partial charge in [0.15, 0.2) is 0 Å². The van der Waals surface area contributed by atoms with E-state index in [4.69, 9.17) is 10.5 Å². The molecule has 1 heterocycles. The second-order valence-electron chi connectivity index (χ2n) is 4.33. The molecule has 2 aromatic rings. The summed E-state index contributed by atoms with van der Waals surface area (Å²) in [6.07, 6.45) is 0. The molecule has 4 heteroatoms. The van der Waals surface area contributed by atoms with Gasteiger partial charge in [0.1, 0.15) is 12.4 Å². The summed E-state index contributed by atoms with van der Waals surface area (Å²) < 4.78 is 6.93. The van der Waals surface area contributed by atoms with Gasteiger partial charge in [0, 0.05) is 20.8 Å². The van der Waals surface area contributed by atoms with E-state index < -0.39 is 0 Å². The molecule has 0 bridgehead atoms. The molecule has 0 spiro atoms. The first-order valence-corrected chi connectivity index (χ1v) is 7.45. The van der Waals surface area contributed by atoms with Crippen LogP contribution in [0.3, 0.4) is 0 Å². The molecule has 0 unspecified atom stereocenters. The van der Waals surface area contributed by atoms with Crippen LogP contribution in [0, 0.1) is 6.92 Å². The van der Waals surface area contributed by atoms with Crippen molar-refractivity contribution in [1.82, 2.24) is 0 Å². The highest BCUT2D eigenvalue weighted by Crippen LogP contribution is 2.25. The van der Waals surface area contributed by atoms with E-state index in [1.54, 1.807) is 11.3 Å². The highest BCUT2D eigenvalue weighted by Gasteiger charge is 2.05. The molecule has 2 rings (SSSR count). The van der Waals surface area contributed by atoms with Gasteiger partial charge in [0.05, 0.1) is 0 Å². The minimum Gasteiger partial charge on any atom is -0.488 e. The Bertz CT molecular complexity index is 536. The van der Waals surface area contributed by atoms with E-state index in [2.05, 4.69) is 33.4 Å². The monoisotopic (exact) mass is 325 g/mol. The molecular formula is C14H16BrNOS. The van der Waals surface area contributed by atoms with Gasteiger partial charge in [-0.25, -0.2) is 0 Å². The smallest absolute Gasteiger partial charge is 0.122 e. The van der Waals surface area contributed by atoms with Gasteiger partial charge >= 0.3 is 0 Å². The average molecular weight is 326 g/mol. The number of halogens is 1. The first kappa shape index (κ1) is 13.6. The lowest BCUT2D eigenvalue weighted by Gasteiger charge is -2.11. The van der Waals surface area contributed by atoms with Crippen molar-refractivity contribution in [2.45, 2.75) is 26.5 Å². The van der Waals surface area contributed by atoms with Gasteiger partial charge in [-0.3, -0.25) is 0 Å². The maximum Gasteiger partial charge on any atom is 0.122 e. The third kappa shape index (κ3) is 3.34. The molecule has 1 aromatic carbocycles. The summed E-state index contributed by atoms with van der Waals surface area (Å²) in [7, 11) is 0. The van der Waals surface area contributed by atoms with Crippen LogP contribution < -0.4 is 10.5 Å². The van der Waals surface area contributed by atoms with Crippen molar-refractivity contribution < 1.29 is 4.74 Å². The summed E-state index contributed by atoms with van der Waals surface area (Å²) in [5.74, 6) is 0.920. The zero-order chi connectivity index (χ0) is 13.1. The predicted molar refractivity (Wildman–Crippen MR) is 80.1 cm³/mol. The van der Waals surface area contributed by atoms with Crippen molar-refractivity contribution >= 4 is 27.3 Å². The summed E-state index contributed by atoms with van der Waals surface area (Å²) in [6, 6.07) is 8.25. The van der Waals surface area contributed by atoms with E-state index in [1.807, 2.05) is 26.0 Å². The Morgan fingerprint density at radius 3 is 2.72 bits per heavy atom. The minimum atomic E-state index is 0.0611. The third-order valence-corrected chi connectivity index (χ3v) is 4.39. The molecule has 0 aliphatic heterocycles. The van der Waals surface area contributed by atoms with E-state index in [0.717, 1.165) is 21.3 Å². The minimum absolute atomic E-state index is 0.0611. The molecule has 0 aliphatic carbocycles. The van der Waals surface area contributed by atoms with Crippen LogP contribution in [-0.4, -0.2) is 0 Å². The Morgan fingerprint density at radius 2 is 2.17 bits per heavy atom.